The molecule has 0 amide bonds. The highest BCUT2D eigenvalue weighted by molar-refractivity contribution is 14.0. The van der Waals surface area contributed by atoms with Crippen LogP contribution in [0.2, 0.25) is 0 Å². The normalized spacial score (nSPS) is 11.1. The number of hydrogen-bond acceptors (Lipinski definition) is 4. The second-order valence-electron chi connectivity index (χ2n) is 5.46. The number of aliphatic imine (C=N–C) groups is 1. The minimum atomic E-state index is 0. The van der Waals surface area contributed by atoms with Crippen molar-refractivity contribution in [2.45, 2.75) is 13.0 Å². The molecule has 0 bridgehead atoms. The van der Waals surface area contributed by atoms with E-state index in [0.29, 0.717) is 13.1 Å². The minimum absolute atomic E-state index is 0. The second kappa shape index (κ2) is 9.95. The summed E-state index contributed by atoms with van der Waals surface area (Å²) in [5.41, 5.74) is 1.94. The summed E-state index contributed by atoms with van der Waals surface area (Å²) in [4.78, 5) is 4.25. The topological polar surface area (TPSA) is 75.8 Å². The van der Waals surface area contributed by atoms with Gasteiger partial charge in [-0.15, -0.1) is 34.2 Å². The molecule has 2 aromatic heterocycles. The number of methoxy groups -OCH3 is 1. The van der Waals surface area contributed by atoms with Crippen molar-refractivity contribution >= 4 is 35.6 Å². The van der Waals surface area contributed by atoms with E-state index in [2.05, 4.69) is 25.8 Å². The van der Waals surface area contributed by atoms with Gasteiger partial charge in [0.25, 0.3) is 0 Å². The Balaban J connectivity index is 0.00000243. The molecule has 0 saturated heterocycles. The Morgan fingerprint density at radius 1 is 1.12 bits per heavy atom. The van der Waals surface area contributed by atoms with Gasteiger partial charge in [-0.3, -0.25) is 9.39 Å². The van der Waals surface area contributed by atoms with Crippen LogP contribution in [0.15, 0.2) is 53.7 Å². The first-order chi connectivity index (χ1) is 12.3. The van der Waals surface area contributed by atoms with Crippen LogP contribution in [0.1, 0.15) is 11.4 Å². The van der Waals surface area contributed by atoms with E-state index in [1.807, 2.05) is 53.1 Å². The number of halogens is 1. The summed E-state index contributed by atoms with van der Waals surface area (Å²) in [6.07, 6.45) is 2.72. The average molecular weight is 466 g/mol. The van der Waals surface area contributed by atoms with Crippen LogP contribution in [0.5, 0.6) is 5.75 Å². The van der Waals surface area contributed by atoms with Crippen LogP contribution >= 0.6 is 24.0 Å². The third-order valence-corrected chi connectivity index (χ3v) is 3.89. The summed E-state index contributed by atoms with van der Waals surface area (Å²) in [7, 11) is 3.43. The van der Waals surface area contributed by atoms with Crippen molar-refractivity contribution in [3.63, 3.8) is 0 Å². The number of nitrogens with zero attached hydrogens (tertiary/aromatic N) is 4. The summed E-state index contributed by atoms with van der Waals surface area (Å²) < 4.78 is 7.36. The minimum Gasteiger partial charge on any atom is -0.496 e. The van der Waals surface area contributed by atoms with Gasteiger partial charge in [-0.2, -0.15) is 0 Å². The maximum atomic E-state index is 5.36. The Morgan fingerprint density at radius 3 is 2.73 bits per heavy atom. The number of benzene rings is 1. The number of pyridine rings is 1. The van der Waals surface area contributed by atoms with Crippen LogP contribution in [-0.2, 0) is 13.0 Å². The van der Waals surface area contributed by atoms with Gasteiger partial charge < -0.3 is 15.4 Å². The lowest BCUT2D eigenvalue weighted by Gasteiger charge is -2.13. The molecule has 1 aromatic carbocycles. The van der Waals surface area contributed by atoms with Crippen molar-refractivity contribution in [1.29, 1.82) is 0 Å². The predicted molar refractivity (Wildman–Crippen MR) is 113 cm³/mol. The molecule has 0 unspecified atom stereocenters. The lowest BCUT2D eigenvalue weighted by atomic mass is 10.2. The molecule has 26 heavy (non-hydrogen) atoms. The first kappa shape index (κ1) is 20.0. The average Bonchev–Trinajstić information content (AvgIpc) is 3.08. The van der Waals surface area contributed by atoms with Gasteiger partial charge in [0.15, 0.2) is 11.6 Å². The zero-order chi connectivity index (χ0) is 17.5. The molecule has 3 aromatic rings. The Hall–Kier alpha value is -2.36. The van der Waals surface area contributed by atoms with E-state index < -0.39 is 0 Å². The summed E-state index contributed by atoms with van der Waals surface area (Å²) in [5.74, 6) is 2.52. The van der Waals surface area contributed by atoms with Crippen LogP contribution < -0.4 is 15.4 Å². The monoisotopic (exact) mass is 466 g/mol. The number of guanidine groups is 1. The molecule has 7 nitrogen and oxygen atoms in total. The van der Waals surface area contributed by atoms with Gasteiger partial charge in [-0.1, -0.05) is 24.3 Å². The largest absolute Gasteiger partial charge is 0.496 e. The molecule has 0 aliphatic rings. The zero-order valence-corrected chi connectivity index (χ0v) is 17.2. The smallest absolute Gasteiger partial charge is 0.191 e. The van der Waals surface area contributed by atoms with Crippen LogP contribution in [-0.4, -0.2) is 41.3 Å². The molecule has 0 atom stereocenters. The number of nitrogens with one attached hydrogen (secondary N) is 2. The Kier molecular flexibility index (Phi) is 7.64. The fraction of sp³-hybridized carbons (Fsp3) is 0.278. The highest BCUT2D eigenvalue weighted by Gasteiger charge is 2.06. The SMILES string of the molecule is CN=C(NCCc1nnc2ccccn12)NCc1ccccc1OC.I. The van der Waals surface area contributed by atoms with E-state index in [9.17, 15) is 0 Å². The molecule has 2 heterocycles. The summed E-state index contributed by atoms with van der Waals surface area (Å²) in [6, 6.07) is 13.8. The number of fused-ring (bicyclic) bond motifs is 1. The first-order valence-corrected chi connectivity index (χ1v) is 8.17. The van der Waals surface area contributed by atoms with E-state index in [1.165, 1.54) is 0 Å². The summed E-state index contributed by atoms with van der Waals surface area (Å²) >= 11 is 0. The molecule has 2 N–H and O–H groups in total. The molecule has 0 radical (unpaired) electrons. The maximum absolute atomic E-state index is 5.36. The first-order valence-electron chi connectivity index (χ1n) is 8.17. The Labute approximate surface area is 169 Å². The molecule has 0 saturated carbocycles. The van der Waals surface area contributed by atoms with Crippen molar-refractivity contribution in [3.8, 4) is 5.75 Å². The standard InChI is InChI=1S/C18H22N6O.HI/c1-19-18(21-13-14-7-3-4-8-15(14)25-2)20-11-10-17-23-22-16-9-5-6-12-24(16)17;/h3-9,12H,10-11,13H2,1-2H3,(H2,19,20,21);1H. The molecular weight excluding hydrogens is 443 g/mol. The van der Waals surface area contributed by atoms with Gasteiger partial charge in [-0.05, 0) is 18.2 Å². The number of aromatic nitrogens is 3. The zero-order valence-electron chi connectivity index (χ0n) is 14.8. The van der Waals surface area contributed by atoms with Gasteiger partial charge in [0, 0.05) is 38.3 Å². The maximum Gasteiger partial charge on any atom is 0.191 e. The molecule has 0 fully saturated rings. The van der Waals surface area contributed by atoms with E-state index in [0.717, 1.165) is 35.2 Å². The Morgan fingerprint density at radius 2 is 1.92 bits per heavy atom. The molecule has 8 heteroatoms. The van der Waals surface area contributed by atoms with Crippen molar-refractivity contribution in [1.82, 2.24) is 25.2 Å². The highest BCUT2D eigenvalue weighted by Crippen LogP contribution is 2.16. The number of para-hydroxylation sites is 1. The quantitative estimate of drug-likeness (QED) is 0.331. The van der Waals surface area contributed by atoms with Gasteiger partial charge in [0.1, 0.15) is 11.6 Å². The number of hydrogen-bond donors (Lipinski definition) is 2. The summed E-state index contributed by atoms with van der Waals surface area (Å²) in [6.45, 7) is 1.35. The van der Waals surface area contributed by atoms with Crippen LogP contribution in [0, 0.1) is 0 Å². The van der Waals surface area contributed by atoms with Crippen LogP contribution in [0.25, 0.3) is 5.65 Å². The van der Waals surface area contributed by atoms with Crippen molar-refractivity contribution in [2.24, 2.45) is 4.99 Å². The summed E-state index contributed by atoms with van der Waals surface area (Å²) in [5, 5.41) is 15.0. The molecular formula is C18H23IN6O. The van der Waals surface area contributed by atoms with Crippen molar-refractivity contribution < 1.29 is 4.74 Å². The van der Waals surface area contributed by atoms with Crippen molar-refractivity contribution in [3.05, 3.63) is 60.0 Å². The third kappa shape index (κ3) is 4.84. The van der Waals surface area contributed by atoms with Gasteiger partial charge in [0.05, 0.1) is 7.11 Å². The highest BCUT2D eigenvalue weighted by atomic mass is 127. The van der Waals surface area contributed by atoms with Crippen LogP contribution in [0.4, 0.5) is 0 Å². The van der Waals surface area contributed by atoms with Gasteiger partial charge in [-0.25, -0.2) is 0 Å². The van der Waals surface area contributed by atoms with E-state index in [-0.39, 0.29) is 24.0 Å². The Bertz CT molecular complexity index is 864. The molecule has 0 spiro atoms. The van der Waals surface area contributed by atoms with E-state index in [4.69, 9.17) is 4.74 Å². The van der Waals surface area contributed by atoms with Crippen molar-refractivity contribution in [2.75, 3.05) is 20.7 Å². The lowest BCUT2D eigenvalue weighted by molar-refractivity contribution is 0.409. The van der Waals surface area contributed by atoms with Crippen LogP contribution in [0.3, 0.4) is 0 Å². The molecule has 138 valence electrons. The molecule has 0 aliphatic heterocycles. The molecule has 3 rings (SSSR count). The van der Waals surface area contributed by atoms with Gasteiger partial charge >= 0.3 is 0 Å². The number of ether oxygens (including phenoxy) is 1. The third-order valence-electron chi connectivity index (χ3n) is 3.89. The molecule has 0 aliphatic carbocycles. The predicted octanol–water partition coefficient (Wildman–Crippen LogP) is 2.26. The lowest BCUT2D eigenvalue weighted by Crippen LogP contribution is -2.38. The van der Waals surface area contributed by atoms with Gasteiger partial charge in [0.2, 0.25) is 0 Å². The second-order valence-corrected chi connectivity index (χ2v) is 5.46. The number of rotatable bonds is 6. The van der Waals surface area contributed by atoms with E-state index >= 15 is 0 Å². The fourth-order valence-corrected chi connectivity index (χ4v) is 2.60. The fourth-order valence-electron chi connectivity index (χ4n) is 2.60. The van der Waals surface area contributed by atoms with E-state index in [1.54, 1.807) is 14.2 Å².